The first-order valence-electron chi connectivity index (χ1n) is 26.6. The fourth-order valence-corrected chi connectivity index (χ4v) is 8.94. The van der Waals surface area contributed by atoms with Gasteiger partial charge in [0.1, 0.15) is 31.0 Å². The van der Waals surface area contributed by atoms with Crippen molar-refractivity contribution in [3.05, 3.63) is 35.9 Å². The molecule has 5 atom stereocenters. The number of unbranched alkanes of at least 4 members (excludes halogenated alkanes) is 30. The fourth-order valence-electron chi connectivity index (χ4n) is 8.94. The molecule has 1 aromatic carbocycles. The number of amides is 3. The first kappa shape index (κ1) is 58.4. The maximum atomic E-state index is 14.0. The summed E-state index contributed by atoms with van der Waals surface area (Å²) >= 11 is 0. The van der Waals surface area contributed by atoms with Crippen LogP contribution in [0.15, 0.2) is 30.3 Å². The zero-order chi connectivity index (χ0) is 47.2. The number of aliphatic hydroxyl groups is 3. The van der Waals surface area contributed by atoms with Crippen LogP contribution in [0.1, 0.15) is 225 Å². The number of rotatable bonds is 40. The summed E-state index contributed by atoms with van der Waals surface area (Å²) in [6.07, 6.45) is 30.7. The van der Waals surface area contributed by atoms with Gasteiger partial charge in [0.05, 0.1) is 19.8 Å². The lowest BCUT2D eigenvalue weighted by Gasteiger charge is -2.48. The number of hydrogen-bond acceptors (Lipinski definition) is 10. The molecular weight excluding hydrogens is 823 g/mol. The second-order valence-corrected chi connectivity index (χ2v) is 18.6. The maximum absolute atomic E-state index is 14.0. The summed E-state index contributed by atoms with van der Waals surface area (Å²) in [5.74, 6) is -0.890. The van der Waals surface area contributed by atoms with Crippen molar-refractivity contribution in [1.29, 1.82) is 0 Å². The standard InChI is InChI=1S/C53H95N3O9/c1-3-5-7-9-11-13-15-17-19-21-23-25-27-29-31-36-40-55(52(61)63-41-37-32-30-28-26-24-22-20-18-16-14-12-10-8-6-4-2)51-48(50(60)49(59)46(43-57)65-51)56(47(58)42-54)53(62)64-44-45-38-34-33-35-39-45/h33-35,38-39,46,48-51,57,59-60H,3-32,36-37,40-44,54H2,1-2H3/t46-,48-,49+,50-,51-/m1/s1. The molecule has 376 valence electrons. The van der Waals surface area contributed by atoms with E-state index in [4.69, 9.17) is 19.9 Å². The predicted octanol–water partition coefficient (Wildman–Crippen LogP) is 11.9. The Morgan fingerprint density at radius 1 is 0.569 bits per heavy atom. The molecule has 0 spiro atoms. The van der Waals surface area contributed by atoms with Gasteiger partial charge in [-0.05, 0) is 18.4 Å². The van der Waals surface area contributed by atoms with Crippen molar-refractivity contribution in [1.82, 2.24) is 9.80 Å². The maximum Gasteiger partial charge on any atom is 0.417 e. The smallest absolute Gasteiger partial charge is 0.417 e. The number of imide groups is 1. The Morgan fingerprint density at radius 2 is 0.985 bits per heavy atom. The first-order valence-corrected chi connectivity index (χ1v) is 26.6. The van der Waals surface area contributed by atoms with E-state index in [1.165, 1.54) is 153 Å². The van der Waals surface area contributed by atoms with Gasteiger partial charge in [-0.15, -0.1) is 0 Å². The molecule has 1 saturated heterocycles. The summed E-state index contributed by atoms with van der Waals surface area (Å²) in [6.45, 7) is 3.37. The molecule has 12 nitrogen and oxygen atoms in total. The fraction of sp³-hybridized carbons (Fsp3) is 0.830. The summed E-state index contributed by atoms with van der Waals surface area (Å²) in [5.41, 5.74) is 6.46. The lowest BCUT2D eigenvalue weighted by atomic mass is 9.94. The number of nitrogens with zero attached hydrogens (tertiary/aromatic N) is 2. The van der Waals surface area contributed by atoms with Crippen molar-refractivity contribution < 1.29 is 43.9 Å². The molecule has 1 aromatic rings. The Kier molecular flexibility index (Phi) is 35.2. The highest BCUT2D eigenvalue weighted by Gasteiger charge is 2.53. The Balaban J connectivity index is 1.98. The van der Waals surface area contributed by atoms with E-state index < -0.39 is 61.8 Å². The van der Waals surface area contributed by atoms with E-state index in [1.54, 1.807) is 24.3 Å². The molecule has 12 heteroatoms. The molecule has 1 aliphatic heterocycles. The van der Waals surface area contributed by atoms with Crippen LogP contribution in [0.25, 0.3) is 0 Å². The van der Waals surface area contributed by atoms with Gasteiger partial charge in [0.2, 0.25) is 5.91 Å². The Morgan fingerprint density at radius 3 is 1.40 bits per heavy atom. The molecule has 1 aliphatic rings. The molecule has 0 aliphatic carbocycles. The average molecular weight is 918 g/mol. The van der Waals surface area contributed by atoms with Gasteiger partial charge < -0.3 is 35.3 Å². The highest BCUT2D eigenvalue weighted by molar-refractivity contribution is 5.93. The highest BCUT2D eigenvalue weighted by Crippen LogP contribution is 2.30. The summed E-state index contributed by atoms with van der Waals surface area (Å²) in [7, 11) is 0. The summed E-state index contributed by atoms with van der Waals surface area (Å²) in [6, 6.07) is 7.31. The molecule has 2 rings (SSSR count). The highest BCUT2D eigenvalue weighted by atomic mass is 16.6. The van der Waals surface area contributed by atoms with Crippen LogP contribution in [-0.2, 0) is 25.6 Å². The van der Waals surface area contributed by atoms with Crippen LogP contribution in [0.4, 0.5) is 9.59 Å². The van der Waals surface area contributed by atoms with Gasteiger partial charge in [0.15, 0.2) is 6.23 Å². The van der Waals surface area contributed by atoms with Gasteiger partial charge in [0.25, 0.3) is 0 Å². The van der Waals surface area contributed by atoms with E-state index in [0.29, 0.717) is 23.3 Å². The lowest BCUT2D eigenvalue weighted by molar-refractivity contribution is -0.240. The molecule has 0 saturated carbocycles. The third-order valence-corrected chi connectivity index (χ3v) is 13.0. The zero-order valence-electron chi connectivity index (χ0n) is 41.2. The molecular formula is C53H95N3O9. The van der Waals surface area contributed by atoms with Crippen LogP contribution in [-0.4, -0.2) is 100 Å². The van der Waals surface area contributed by atoms with E-state index in [-0.39, 0.29) is 19.8 Å². The Bertz CT molecular complexity index is 1310. The monoisotopic (exact) mass is 918 g/mol. The second kappa shape index (κ2) is 39.2. The molecule has 65 heavy (non-hydrogen) atoms. The van der Waals surface area contributed by atoms with E-state index in [1.807, 2.05) is 6.07 Å². The Labute approximate surface area is 395 Å². The second-order valence-electron chi connectivity index (χ2n) is 18.6. The van der Waals surface area contributed by atoms with Crippen molar-refractivity contribution in [3.8, 4) is 0 Å². The van der Waals surface area contributed by atoms with Crippen LogP contribution in [0.2, 0.25) is 0 Å². The lowest BCUT2D eigenvalue weighted by Crippen LogP contribution is -2.70. The third-order valence-electron chi connectivity index (χ3n) is 13.0. The molecule has 5 N–H and O–H groups in total. The summed E-state index contributed by atoms with van der Waals surface area (Å²) in [5, 5.41) is 32.8. The van der Waals surface area contributed by atoms with Gasteiger partial charge in [-0.2, -0.15) is 0 Å². The average Bonchev–Trinajstić information content (AvgIpc) is 3.32. The van der Waals surface area contributed by atoms with E-state index in [9.17, 15) is 29.7 Å². The predicted molar refractivity (Wildman–Crippen MR) is 261 cm³/mol. The summed E-state index contributed by atoms with van der Waals surface area (Å²) in [4.78, 5) is 43.1. The summed E-state index contributed by atoms with van der Waals surface area (Å²) < 4.78 is 17.5. The number of nitrogens with two attached hydrogens (primary N) is 1. The van der Waals surface area contributed by atoms with Crippen LogP contribution >= 0.6 is 0 Å². The molecule has 0 bridgehead atoms. The van der Waals surface area contributed by atoms with Gasteiger partial charge in [-0.25, -0.2) is 14.5 Å². The molecule has 1 heterocycles. The largest absolute Gasteiger partial charge is 0.449 e. The number of carbonyl (C=O) groups excluding carboxylic acids is 3. The van der Waals surface area contributed by atoms with Crippen LogP contribution in [0.5, 0.6) is 0 Å². The van der Waals surface area contributed by atoms with Crippen molar-refractivity contribution in [2.75, 3.05) is 26.3 Å². The minimum atomic E-state index is -1.80. The third kappa shape index (κ3) is 25.8. The van der Waals surface area contributed by atoms with E-state index >= 15 is 0 Å². The topological polar surface area (TPSA) is 172 Å². The quantitative estimate of drug-likeness (QED) is 0.0464. The van der Waals surface area contributed by atoms with Gasteiger partial charge in [-0.3, -0.25) is 9.69 Å². The number of benzene rings is 1. The normalized spacial score (nSPS) is 18.4. The Hall–Kier alpha value is -2.77. The zero-order valence-corrected chi connectivity index (χ0v) is 41.2. The molecule has 0 aromatic heterocycles. The molecule has 0 unspecified atom stereocenters. The number of hydrogen-bond donors (Lipinski definition) is 4. The number of aliphatic hydroxyl groups excluding tert-OH is 3. The number of ether oxygens (including phenoxy) is 3. The minimum absolute atomic E-state index is 0.141. The van der Waals surface area contributed by atoms with E-state index in [0.717, 1.165) is 44.9 Å². The van der Waals surface area contributed by atoms with Crippen LogP contribution < -0.4 is 5.73 Å². The SMILES string of the molecule is CCCCCCCCCCCCCCCCCCOC(=O)N(CCCCCCCCCCCCCCCCCC)[C@@H]1O[C@H](CO)[C@H](O)[C@H](O)[C@H]1N(C(=O)CN)C(=O)OCc1ccccc1. The molecule has 1 fully saturated rings. The van der Waals surface area contributed by atoms with Crippen molar-refractivity contribution in [2.45, 2.75) is 257 Å². The van der Waals surface area contributed by atoms with Crippen molar-refractivity contribution >= 4 is 18.1 Å². The van der Waals surface area contributed by atoms with E-state index in [2.05, 4.69) is 13.8 Å². The first-order chi connectivity index (χ1) is 31.8. The van der Waals surface area contributed by atoms with Crippen molar-refractivity contribution in [3.63, 3.8) is 0 Å². The minimum Gasteiger partial charge on any atom is -0.449 e. The molecule has 0 radical (unpaired) electrons. The van der Waals surface area contributed by atoms with Gasteiger partial charge in [-0.1, -0.05) is 237 Å². The van der Waals surface area contributed by atoms with Crippen LogP contribution in [0, 0.1) is 0 Å². The number of carbonyl (C=O) groups is 3. The van der Waals surface area contributed by atoms with Gasteiger partial charge >= 0.3 is 12.2 Å². The van der Waals surface area contributed by atoms with Crippen LogP contribution in [0.3, 0.4) is 0 Å². The van der Waals surface area contributed by atoms with Crippen molar-refractivity contribution in [2.24, 2.45) is 5.73 Å². The molecule has 3 amide bonds. The van der Waals surface area contributed by atoms with Gasteiger partial charge in [0, 0.05) is 6.54 Å².